The second-order valence-electron chi connectivity index (χ2n) is 14.2. The van der Waals surface area contributed by atoms with Crippen LogP contribution in [0.5, 0.6) is 11.5 Å². The zero-order valence-corrected chi connectivity index (χ0v) is 29.7. The van der Waals surface area contributed by atoms with E-state index in [-0.39, 0.29) is 39.7 Å². The van der Waals surface area contributed by atoms with Gasteiger partial charge in [0.2, 0.25) is 0 Å². The van der Waals surface area contributed by atoms with Gasteiger partial charge in [-0.3, -0.25) is 9.98 Å². The fraction of sp³-hybridized carbons (Fsp3) is 0.556. The number of aryl methyl sites for hydroxylation is 2. The van der Waals surface area contributed by atoms with E-state index in [9.17, 15) is 10.2 Å². The van der Waals surface area contributed by atoms with E-state index in [1.807, 2.05) is 26.3 Å². The molecule has 251 valence electrons. The standard InChI is InChI=1S/C32H46N2O2.2C2H4O2.Co/c1-21-12-23(17-31(3,4)5)14-25(29(21)35)19-33-27-10-9-11-28(16-27)34-20-26-15-24(18-32(6,7)8)13-22(2)30(26)36;2*1-2(3)4;/h12-15,19-20,27-28,35-36H,9-11,16-18H2,1-8H3;2*1H3,(H,3,4);/q;;;+2/p-2. The molecule has 1 fully saturated rings. The van der Waals surface area contributed by atoms with Crippen molar-refractivity contribution in [2.24, 2.45) is 20.8 Å². The fourth-order valence-corrected chi connectivity index (χ4v) is 5.17. The number of carbonyl (C=O) groups excluding carboxylic acids is 2. The Bertz CT molecular complexity index is 1210. The summed E-state index contributed by atoms with van der Waals surface area (Å²) in [6.07, 6.45) is 9.67. The number of aliphatic carboxylic acids is 2. The number of phenolic OH excluding ortho intramolecular Hbond substituents is 2. The molecule has 8 nitrogen and oxygen atoms in total. The number of carboxylic acid groups (broad SMARTS) is 2. The minimum Gasteiger partial charge on any atom is -0.550 e. The smallest absolute Gasteiger partial charge is 0.550 e. The third-order valence-electron chi connectivity index (χ3n) is 6.72. The summed E-state index contributed by atoms with van der Waals surface area (Å²) in [5.41, 5.74) is 6.23. The molecule has 0 saturated heterocycles. The summed E-state index contributed by atoms with van der Waals surface area (Å²) in [6.45, 7) is 19.2. The molecule has 2 aromatic carbocycles. The van der Waals surface area contributed by atoms with E-state index in [0.717, 1.165) is 74.6 Å². The summed E-state index contributed by atoms with van der Waals surface area (Å²) < 4.78 is 0. The molecule has 0 heterocycles. The predicted molar refractivity (Wildman–Crippen MR) is 175 cm³/mol. The first-order valence-corrected chi connectivity index (χ1v) is 15.2. The van der Waals surface area contributed by atoms with Crippen LogP contribution in [0.3, 0.4) is 0 Å². The van der Waals surface area contributed by atoms with Crippen molar-refractivity contribution < 1.29 is 46.8 Å². The van der Waals surface area contributed by atoms with Crippen LogP contribution in [0.4, 0.5) is 0 Å². The number of benzene rings is 2. The summed E-state index contributed by atoms with van der Waals surface area (Å²) in [5.74, 6) is -1.52. The molecule has 1 saturated carbocycles. The van der Waals surface area contributed by atoms with Crippen LogP contribution in [-0.2, 0) is 39.2 Å². The van der Waals surface area contributed by atoms with Gasteiger partial charge in [0.1, 0.15) is 11.5 Å². The SMILES string of the molecule is CC(=O)[O-].CC(=O)[O-].Cc1cc(CC(C)(C)C)cc(C=NC2CCCC(N=Cc3cc(CC(C)(C)C)cc(C)c3O)C2)c1O.[Co+2]. The number of phenols is 2. The second kappa shape index (κ2) is 18.7. The van der Waals surface area contributed by atoms with E-state index >= 15 is 0 Å². The maximum atomic E-state index is 10.6. The molecule has 45 heavy (non-hydrogen) atoms. The Morgan fingerprint density at radius 1 is 0.756 bits per heavy atom. The van der Waals surface area contributed by atoms with Gasteiger partial charge in [0, 0.05) is 35.5 Å². The molecule has 1 radical (unpaired) electrons. The number of hydrogen-bond acceptors (Lipinski definition) is 8. The molecular weight excluding hydrogens is 615 g/mol. The molecule has 3 rings (SSSR count). The van der Waals surface area contributed by atoms with E-state index in [2.05, 4.69) is 65.8 Å². The van der Waals surface area contributed by atoms with Crippen molar-refractivity contribution in [3.8, 4) is 11.5 Å². The Kier molecular flexibility index (Phi) is 17.4. The Labute approximate surface area is 280 Å². The Balaban J connectivity index is 0.00000192. The molecule has 9 heteroatoms. The van der Waals surface area contributed by atoms with Crippen molar-refractivity contribution in [3.05, 3.63) is 57.6 Å². The van der Waals surface area contributed by atoms with Gasteiger partial charge in [-0.05, 0) is 111 Å². The summed E-state index contributed by atoms with van der Waals surface area (Å²) in [7, 11) is 0. The number of aliphatic imine (C=N–C) groups is 2. The number of aromatic hydroxyl groups is 2. The van der Waals surface area contributed by atoms with Crippen molar-refractivity contribution in [2.75, 3.05) is 0 Å². The van der Waals surface area contributed by atoms with Crippen LogP contribution in [-0.4, -0.2) is 46.7 Å². The molecule has 0 spiro atoms. The van der Waals surface area contributed by atoms with Gasteiger partial charge in [0.25, 0.3) is 0 Å². The van der Waals surface area contributed by atoms with E-state index in [1.165, 1.54) is 11.1 Å². The molecule has 1 aliphatic carbocycles. The van der Waals surface area contributed by atoms with Crippen molar-refractivity contribution >= 4 is 24.4 Å². The van der Waals surface area contributed by atoms with E-state index < -0.39 is 11.9 Å². The zero-order chi connectivity index (χ0) is 33.8. The molecule has 0 aliphatic heterocycles. The number of nitrogens with zero attached hydrogens (tertiary/aromatic N) is 2. The minimum absolute atomic E-state index is 0. The first-order valence-electron chi connectivity index (χ1n) is 15.2. The summed E-state index contributed by atoms with van der Waals surface area (Å²) >= 11 is 0. The first-order chi connectivity index (χ1) is 20.2. The number of hydrogen-bond donors (Lipinski definition) is 2. The van der Waals surface area contributed by atoms with Crippen molar-refractivity contribution in [3.63, 3.8) is 0 Å². The minimum atomic E-state index is -1.08. The van der Waals surface area contributed by atoms with Gasteiger partial charge in [-0.1, -0.05) is 53.7 Å². The largest absolute Gasteiger partial charge is 2.00 e. The topological polar surface area (TPSA) is 145 Å². The van der Waals surface area contributed by atoms with Gasteiger partial charge in [-0.25, -0.2) is 0 Å². The quantitative estimate of drug-likeness (QED) is 0.403. The molecule has 2 aromatic rings. The molecule has 2 unspecified atom stereocenters. The molecule has 1 aliphatic rings. The first kappa shape index (κ1) is 41.8. The van der Waals surface area contributed by atoms with Crippen LogP contribution >= 0.6 is 0 Å². The molecule has 0 bridgehead atoms. The molecular formula is C36H52CoN2O6. The summed E-state index contributed by atoms with van der Waals surface area (Å²) in [5, 5.41) is 39.0. The predicted octanol–water partition coefficient (Wildman–Crippen LogP) is 5.25. The number of rotatable bonds is 6. The van der Waals surface area contributed by atoms with Gasteiger partial charge < -0.3 is 30.0 Å². The zero-order valence-electron chi connectivity index (χ0n) is 28.6. The van der Waals surface area contributed by atoms with Gasteiger partial charge in [0.15, 0.2) is 0 Å². The van der Waals surface area contributed by atoms with E-state index in [4.69, 9.17) is 29.8 Å². The molecule has 2 atom stereocenters. The maximum Gasteiger partial charge on any atom is 2.00 e. The van der Waals surface area contributed by atoms with E-state index in [0.29, 0.717) is 11.5 Å². The van der Waals surface area contributed by atoms with Gasteiger partial charge in [0.05, 0.1) is 12.1 Å². The average Bonchev–Trinajstić information content (AvgIpc) is 2.84. The third kappa shape index (κ3) is 17.8. The number of carbonyl (C=O) groups is 2. The second-order valence-corrected chi connectivity index (χ2v) is 14.2. The Hall–Kier alpha value is -3.17. The molecule has 0 aromatic heterocycles. The van der Waals surface area contributed by atoms with Crippen LogP contribution in [0.25, 0.3) is 0 Å². The van der Waals surface area contributed by atoms with Crippen molar-refractivity contribution in [1.29, 1.82) is 0 Å². The monoisotopic (exact) mass is 667 g/mol. The summed E-state index contributed by atoms with van der Waals surface area (Å²) in [6, 6.07) is 8.69. The third-order valence-corrected chi connectivity index (χ3v) is 6.72. The maximum absolute atomic E-state index is 10.6. The van der Waals surface area contributed by atoms with Gasteiger partial charge in [-0.2, -0.15) is 0 Å². The van der Waals surface area contributed by atoms with E-state index in [1.54, 1.807) is 0 Å². The number of carboxylic acids is 2. The van der Waals surface area contributed by atoms with Gasteiger partial charge >= 0.3 is 16.8 Å². The van der Waals surface area contributed by atoms with Crippen LogP contribution in [0.1, 0.15) is 114 Å². The van der Waals surface area contributed by atoms with Crippen LogP contribution in [0, 0.1) is 24.7 Å². The summed E-state index contributed by atoms with van der Waals surface area (Å²) in [4.78, 5) is 27.5. The fourth-order valence-electron chi connectivity index (χ4n) is 5.17. The van der Waals surface area contributed by atoms with Crippen LogP contribution in [0.15, 0.2) is 34.3 Å². The normalized spacial score (nSPS) is 16.7. The van der Waals surface area contributed by atoms with Gasteiger partial charge in [-0.15, -0.1) is 0 Å². The molecule has 0 amide bonds. The molecule has 2 N–H and O–H groups in total. The van der Waals surface area contributed by atoms with Crippen molar-refractivity contribution in [1.82, 2.24) is 0 Å². The van der Waals surface area contributed by atoms with Crippen LogP contribution < -0.4 is 10.2 Å². The van der Waals surface area contributed by atoms with Crippen molar-refractivity contribution in [2.45, 2.75) is 120 Å². The van der Waals surface area contributed by atoms with Crippen LogP contribution in [0.2, 0.25) is 0 Å². The average molecular weight is 668 g/mol. The Morgan fingerprint density at radius 2 is 1.07 bits per heavy atom. The Morgan fingerprint density at radius 3 is 1.36 bits per heavy atom.